The molecule has 0 N–H and O–H groups in total. The fourth-order valence-corrected chi connectivity index (χ4v) is 4.02. The molecule has 1 aromatic heterocycles. The summed E-state index contributed by atoms with van der Waals surface area (Å²) >= 11 is 0. The van der Waals surface area contributed by atoms with Crippen molar-refractivity contribution in [1.82, 2.24) is 14.7 Å². The number of aromatic nitrogens is 2. The van der Waals surface area contributed by atoms with E-state index in [2.05, 4.69) is 59.3 Å². The van der Waals surface area contributed by atoms with E-state index in [1.807, 2.05) is 4.68 Å². The van der Waals surface area contributed by atoms with Gasteiger partial charge in [-0.15, -0.1) is 0 Å². The highest BCUT2D eigenvalue weighted by molar-refractivity contribution is 5.38. The number of nitrogens with zero attached hydrogens (tertiary/aromatic N) is 4. The first kappa shape index (κ1) is 16.6. The fourth-order valence-electron chi connectivity index (χ4n) is 4.02. The van der Waals surface area contributed by atoms with Crippen molar-refractivity contribution < 1.29 is 4.74 Å². The average molecular weight is 340 g/mol. The van der Waals surface area contributed by atoms with Crippen molar-refractivity contribution in [3.63, 3.8) is 0 Å². The molecule has 0 saturated carbocycles. The topological polar surface area (TPSA) is 33.5 Å². The van der Waals surface area contributed by atoms with Crippen LogP contribution in [0.2, 0.25) is 0 Å². The first-order chi connectivity index (χ1) is 12.3. The Balaban J connectivity index is 1.43. The Bertz CT molecular complexity index is 665. The lowest BCUT2D eigenvalue weighted by atomic mass is 9.92. The number of hydrogen-bond acceptors (Lipinski definition) is 4. The second-order valence-electron chi connectivity index (χ2n) is 7.28. The van der Waals surface area contributed by atoms with Crippen LogP contribution in [-0.4, -0.2) is 60.1 Å². The zero-order valence-corrected chi connectivity index (χ0v) is 15.1. The Hall–Kier alpha value is -1.85. The molecule has 4 rings (SSSR count). The molecule has 5 nitrogen and oxygen atoms in total. The van der Waals surface area contributed by atoms with Gasteiger partial charge in [-0.1, -0.05) is 37.3 Å². The minimum absolute atomic E-state index is 0.608. The number of benzene rings is 1. The Morgan fingerprint density at radius 1 is 1.08 bits per heavy atom. The lowest BCUT2D eigenvalue weighted by molar-refractivity contribution is 0.00204. The quantitative estimate of drug-likeness (QED) is 0.856. The van der Waals surface area contributed by atoms with Gasteiger partial charge in [-0.25, -0.2) is 0 Å². The second-order valence-corrected chi connectivity index (χ2v) is 7.28. The van der Waals surface area contributed by atoms with Crippen LogP contribution < -0.4 is 4.90 Å². The average Bonchev–Trinajstić information content (AvgIpc) is 3.12. The summed E-state index contributed by atoms with van der Waals surface area (Å²) in [4.78, 5) is 5.07. The Kier molecular flexibility index (Phi) is 5.04. The van der Waals surface area contributed by atoms with Gasteiger partial charge in [-0.05, 0) is 17.9 Å². The van der Waals surface area contributed by atoms with Crippen LogP contribution in [0.25, 0.3) is 0 Å². The minimum atomic E-state index is 0.608. The molecule has 3 heterocycles. The van der Waals surface area contributed by atoms with Crippen LogP contribution in [0.1, 0.15) is 18.9 Å². The van der Waals surface area contributed by atoms with E-state index in [0.717, 1.165) is 57.7 Å². The van der Waals surface area contributed by atoms with Crippen LogP contribution >= 0.6 is 0 Å². The maximum atomic E-state index is 5.53. The first-order valence-electron chi connectivity index (χ1n) is 9.44. The lowest BCUT2D eigenvalue weighted by Crippen LogP contribution is -2.55. The third-order valence-electron chi connectivity index (χ3n) is 5.57. The van der Waals surface area contributed by atoms with Crippen molar-refractivity contribution >= 4 is 5.82 Å². The van der Waals surface area contributed by atoms with Gasteiger partial charge in [0.25, 0.3) is 0 Å². The summed E-state index contributed by atoms with van der Waals surface area (Å²) in [6, 6.07) is 13.3. The standard InChI is InChI=1S/C20H28N4O/c1-17-7-9-23(16-19(17)22-11-13-25-14-12-22)20-8-10-24(21-20)15-18-5-3-2-4-6-18/h2-6,8,10,17,19H,7,9,11-16H2,1H3. The van der Waals surface area contributed by atoms with Gasteiger partial charge in [-0.2, -0.15) is 5.10 Å². The summed E-state index contributed by atoms with van der Waals surface area (Å²) in [5.74, 6) is 1.85. The second kappa shape index (κ2) is 7.58. The molecular formula is C20H28N4O. The van der Waals surface area contributed by atoms with Crippen LogP contribution in [0.5, 0.6) is 0 Å². The minimum Gasteiger partial charge on any atom is -0.379 e. The van der Waals surface area contributed by atoms with Gasteiger partial charge in [0.1, 0.15) is 0 Å². The molecule has 0 spiro atoms. The summed E-state index contributed by atoms with van der Waals surface area (Å²) in [7, 11) is 0. The SMILES string of the molecule is CC1CCN(c2ccn(Cc3ccccc3)n2)CC1N1CCOCC1. The summed E-state index contributed by atoms with van der Waals surface area (Å²) in [5.41, 5.74) is 1.29. The molecule has 2 atom stereocenters. The van der Waals surface area contributed by atoms with Gasteiger partial charge in [0.2, 0.25) is 0 Å². The molecule has 1 aromatic carbocycles. The van der Waals surface area contributed by atoms with Crippen molar-refractivity contribution in [1.29, 1.82) is 0 Å². The third kappa shape index (κ3) is 3.88. The van der Waals surface area contributed by atoms with Crippen LogP contribution in [0.4, 0.5) is 5.82 Å². The maximum Gasteiger partial charge on any atom is 0.150 e. The first-order valence-corrected chi connectivity index (χ1v) is 9.44. The third-order valence-corrected chi connectivity index (χ3v) is 5.57. The molecule has 0 bridgehead atoms. The summed E-state index contributed by atoms with van der Waals surface area (Å²) < 4.78 is 7.57. The number of rotatable bonds is 4. The summed E-state index contributed by atoms with van der Waals surface area (Å²) in [6.07, 6.45) is 3.33. The van der Waals surface area contributed by atoms with E-state index in [9.17, 15) is 0 Å². The van der Waals surface area contributed by atoms with E-state index >= 15 is 0 Å². The van der Waals surface area contributed by atoms with Gasteiger partial charge >= 0.3 is 0 Å². The highest BCUT2D eigenvalue weighted by Crippen LogP contribution is 2.26. The zero-order chi connectivity index (χ0) is 17.1. The van der Waals surface area contributed by atoms with E-state index in [4.69, 9.17) is 9.84 Å². The highest BCUT2D eigenvalue weighted by atomic mass is 16.5. The summed E-state index contributed by atoms with van der Waals surface area (Å²) in [6.45, 7) is 9.26. The smallest absolute Gasteiger partial charge is 0.150 e. The molecule has 2 aliphatic heterocycles. The van der Waals surface area contributed by atoms with Crippen molar-refractivity contribution in [3.05, 3.63) is 48.2 Å². The molecule has 2 unspecified atom stereocenters. The van der Waals surface area contributed by atoms with Crippen molar-refractivity contribution in [3.8, 4) is 0 Å². The van der Waals surface area contributed by atoms with Crippen LogP contribution in [0, 0.1) is 5.92 Å². The van der Waals surface area contributed by atoms with Gasteiger partial charge in [0, 0.05) is 44.5 Å². The molecule has 134 valence electrons. The number of anilines is 1. The van der Waals surface area contributed by atoms with Gasteiger partial charge in [-0.3, -0.25) is 9.58 Å². The fraction of sp³-hybridized carbons (Fsp3) is 0.550. The molecule has 25 heavy (non-hydrogen) atoms. The van der Waals surface area contributed by atoms with Gasteiger partial charge in [0.05, 0.1) is 19.8 Å². The van der Waals surface area contributed by atoms with E-state index in [-0.39, 0.29) is 0 Å². The largest absolute Gasteiger partial charge is 0.379 e. The van der Waals surface area contributed by atoms with Gasteiger partial charge in [0.15, 0.2) is 5.82 Å². The lowest BCUT2D eigenvalue weighted by Gasteiger charge is -2.44. The van der Waals surface area contributed by atoms with Crippen LogP contribution in [0.3, 0.4) is 0 Å². The predicted molar refractivity (Wildman–Crippen MR) is 99.9 cm³/mol. The van der Waals surface area contributed by atoms with Crippen LogP contribution in [0.15, 0.2) is 42.6 Å². The predicted octanol–water partition coefficient (Wildman–Crippen LogP) is 2.48. The Morgan fingerprint density at radius 3 is 2.68 bits per heavy atom. The molecule has 2 fully saturated rings. The molecule has 2 aromatic rings. The molecule has 2 aliphatic rings. The number of morpholine rings is 1. The van der Waals surface area contributed by atoms with E-state index in [1.165, 1.54) is 12.0 Å². The maximum absolute atomic E-state index is 5.53. The van der Waals surface area contributed by atoms with Crippen molar-refractivity contribution in [2.75, 3.05) is 44.3 Å². The molecule has 0 amide bonds. The number of ether oxygens (including phenoxy) is 1. The normalized spacial score (nSPS) is 25.2. The van der Waals surface area contributed by atoms with Crippen molar-refractivity contribution in [2.24, 2.45) is 5.92 Å². The Morgan fingerprint density at radius 2 is 1.88 bits per heavy atom. The van der Waals surface area contributed by atoms with E-state index in [0.29, 0.717) is 6.04 Å². The van der Waals surface area contributed by atoms with Gasteiger partial charge < -0.3 is 9.64 Å². The zero-order valence-electron chi connectivity index (χ0n) is 15.1. The van der Waals surface area contributed by atoms with E-state index < -0.39 is 0 Å². The molecule has 0 aliphatic carbocycles. The molecule has 0 radical (unpaired) electrons. The van der Waals surface area contributed by atoms with Crippen molar-refractivity contribution in [2.45, 2.75) is 25.9 Å². The molecule has 2 saturated heterocycles. The van der Waals surface area contributed by atoms with Crippen LogP contribution in [-0.2, 0) is 11.3 Å². The highest BCUT2D eigenvalue weighted by Gasteiger charge is 2.32. The Labute approximate surface area is 150 Å². The number of piperidine rings is 1. The molecular weight excluding hydrogens is 312 g/mol. The monoisotopic (exact) mass is 340 g/mol. The summed E-state index contributed by atoms with van der Waals surface area (Å²) in [5, 5.41) is 4.83. The van der Waals surface area contributed by atoms with E-state index in [1.54, 1.807) is 0 Å². The number of hydrogen-bond donors (Lipinski definition) is 0. The molecule has 5 heteroatoms.